The normalized spacial score (nSPS) is 21.4. The van der Waals surface area contributed by atoms with E-state index in [-0.39, 0.29) is 16.9 Å². The average molecular weight is 506 g/mol. The van der Waals surface area contributed by atoms with Crippen molar-refractivity contribution >= 4 is 40.0 Å². The van der Waals surface area contributed by atoms with Crippen LogP contribution in [0.4, 0.5) is 23.1 Å². The van der Waals surface area contributed by atoms with Crippen molar-refractivity contribution in [1.82, 2.24) is 25.1 Å². The van der Waals surface area contributed by atoms with E-state index in [9.17, 15) is 14.7 Å². The van der Waals surface area contributed by atoms with Gasteiger partial charge in [-0.25, -0.2) is 10.1 Å². The van der Waals surface area contributed by atoms with E-state index in [1.807, 2.05) is 24.3 Å². The van der Waals surface area contributed by atoms with Gasteiger partial charge in [-0.3, -0.25) is 14.5 Å². The number of benzene rings is 1. The van der Waals surface area contributed by atoms with Crippen molar-refractivity contribution in [3.8, 4) is 0 Å². The second-order valence-corrected chi connectivity index (χ2v) is 10.2. The molecule has 0 radical (unpaired) electrons. The summed E-state index contributed by atoms with van der Waals surface area (Å²) in [6.45, 7) is 5.38. The molecule has 1 spiro atoms. The number of H-pyrrole nitrogens is 1. The number of nitrogens with two attached hydrogens (primary N) is 1. The highest BCUT2D eigenvalue weighted by Crippen LogP contribution is 2.59. The summed E-state index contributed by atoms with van der Waals surface area (Å²) in [5.41, 5.74) is 7.82. The number of piperazine rings is 1. The van der Waals surface area contributed by atoms with E-state index < -0.39 is 5.97 Å². The Morgan fingerprint density at radius 2 is 1.81 bits per heavy atom. The van der Waals surface area contributed by atoms with Crippen molar-refractivity contribution in [2.75, 3.05) is 61.1 Å². The topological polar surface area (TPSA) is 157 Å². The third-order valence-electron chi connectivity index (χ3n) is 8.16. The number of anilines is 4. The molecule has 3 aromatic rings. The minimum Gasteiger partial charge on any atom is -0.481 e. The van der Waals surface area contributed by atoms with E-state index in [0.29, 0.717) is 29.3 Å². The van der Waals surface area contributed by atoms with Gasteiger partial charge >= 0.3 is 5.97 Å². The Bertz CT molecular complexity index is 1360. The zero-order valence-corrected chi connectivity index (χ0v) is 20.6. The van der Waals surface area contributed by atoms with E-state index in [1.54, 1.807) is 6.20 Å². The summed E-state index contributed by atoms with van der Waals surface area (Å²) in [6.07, 6.45) is 4.18. The third-order valence-corrected chi connectivity index (χ3v) is 8.16. The number of aliphatic carboxylic acids is 1. The third kappa shape index (κ3) is 4.46. The molecule has 2 saturated heterocycles. The highest BCUT2D eigenvalue weighted by molar-refractivity contribution is 5.90. The predicted octanol–water partition coefficient (Wildman–Crippen LogP) is 1.19. The van der Waals surface area contributed by atoms with Gasteiger partial charge in [0.15, 0.2) is 0 Å². The number of aromatic nitrogens is 4. The van der Waals surface area contributed by atoms with Gasteiger partial charge in [0.1, 0.15) is 16.7 Å². The Morgan fingerprint density at radius 3 is 2.46 bits per heavy atom. The van der Waals surface area contributed by atoms with Gasteiger partial charge < -0.3 is 26.0 Å². The highest BCUT2D eigenvalue weighted by atomic mass is 16.4. The van der Waals surface area contributed by atoms with Gasteiger partial charge in [-0.15, -0.1) is 0 Å². The van der Waals surface area contributed by atoms with Gasteiger partial charge in [-0.05, 0) is 48.9 Å². The van der Waals surface area contributed by atoms with Crippen molar-refractivity contribution in [2.24, 2.45) is 17.1 Å². The van der Waals surface area contributed by atoms with E-state index in [2.05, 4.69) is 35.2 Å². The van der Waals surface area contributed by atoms with Crippen LogP contribution in [0.25, 0.3) is 10.9 Å². The quantitative estimate of drug-likeness (QED) is 0.381. The molecule has 4 heterocycles. The number of nitrogens with one attached hydrogen (secondary N) is 2. The number of fused-ring (bicyclic) bond motifs is 1. The molecule has 1 saturated carbocycles. The number of piperidine rings is 1. The van der Waals surface area contributed by atoms with Crippen LogP contribution < -0.4 is 26.4 Å². The molecule has 194 valence electrons. The van der Waals surface area contributed by atoms with Crippen LogP contribution in [0.5, 0.6) is 0 Å². The molecule has 2 aromatic heterocycles. The van der Waals surface area contributed by atoms with E-state index in [1.165, 1.54) is 0 Å². The first-order chi connectivity index (χ1) is 18.0. The van der Waals surface area contributed by atoms with Crippen LogP contribution in [-0.4, -0.2) is 82.1 Å². The van der Waals surface area contributed by atoms with Crippen LogP contribution in [0.3, 0.4) is 0 Å². The first-order valence-corrected chi connectivity index (χ1v) is 12.7. The molecular weight excluding hydrogens is 474 g/mol. The van der Waals surface area contributed by atoms with Crippen LogP contribution in [-0.2, 0) is 4.79 Å². The lowest BCUT2D eigenvalue weighted by atomic mass is 9.90. The number of carbonyl (C=O) groups is 1. The maximum atomic E-state index is 12.6. The molecule has 37 heavy (non-hydrogen) atoms. The summed E-state index contributed by atoms with van der Waals surface area (Å²) in [4.78, 5) is 39.9. The molecule has 2 aliphatic heterocycles. The van der Waals surface area contributed by atoms with Crippen molar-refractivity contribution in [3.63, 3.8) is 0 Å². The van der Waals surface area contributed by atoms with Crippen molar-refractivity contribution in [2.45, 2.75) is 19.3 Å². The molecular formula is C25H31N9O3. The molecule has 12 nitrogen and oxygen atoms in total. The number of carboxylic acid groups (broad SMARTS) is 1. The highest BCUT2D eigenvalue weighted by Gasteiger charge is 2.58. The number of rotatable bonds is 6. The van der Waals surface area contributed by atoms with Gasteiger partial charge in [0.05, 0.1) is 12.1 Å². The summed E-state index contributed by atoms with van der Waals surface area (Å²) in [5.74, 6) is 0.164. The Kier molecular flexibility index (Phi) is 5.92. The summed E-state index contributed by atoms with van der Waals surface area (Å²) < 4.78 is 0. The Hall–Kier alpha value is -3.77. The van der Waals surface area contributed by atoms with E-state index >= 15 is 0 Å². The van der Waals surface area contributed by atoms with Crippen LogP contribution in [0.2, 0.25) is 0 Å². The Balaban J connectivity index is 1.20. The predicted molar refractivity (Wildman–Crippen MR) is 140 cm³/mol. The standard InChI is InChI=1S/C25H31N9O3/c26-15-32-9-11-34(12-10-32)24-29-19-14-27-31-22(35)20(19)21(30-24)28-16-1-3-17(4-2-16)33-7-5-25(6-8-33)13-18(25)23(36)37/h1-4,14,18H,5-13,15,26H2,(H,31,35)(H,36,37)(H,28,29,30). The lowest BCUT2D eigenvalue weighted by Gasteiger charge is -2.34. The van der Waals surface area contributed by atoms with Crippen LogP contribution in [0, 0.1) is 11.3 Å². The maximum Gasteiger partial charge on any atom is 0.307 e. The smallest absolute Gasteiger partial charge is 0.307 e. The number of hydrogen-bond acceptors (Lipinski definition) is 10. The summed E-state index contributed by atoms with van der Waals surface area (Å²) >= 11 is 0. The number of aromatic amines is 1. The molecule has 5 N–H and O–H groups in total. The lowest BCUT2D eigenvalue weighted by molar-refractivity contribution is -0.139. The monoisotopic (exact) mass is 505 g/mol. The molecule has 12 heteroatoms. The average Bonchev–Trinajstić information content (AvgIpc) is 3.63. The molecule has 1 aromatic carbocycles. The minimum absolute atomic E-state index is 0.00841. The molecule has 3 fully saturated rings. The molecule has 1 aliphatic carbocycles. The number of carboxylic acids is 1. The first-order valence-electron chi connectivity index (χ1n) is 12.7. The van der Waals surface area contributed by atoms with Gasteiger partial charge in [-0.1, -0.05) is 0 Å². The van der Waals surface area contributed by atoms with Crippen LogP contribution >= 0.6 is 0 Å². The molecule has 0 amide bonds. The van der Waals surface area contributed by atoms with Gasteiger partial charge in [0.2, 0.25) is 5.95 Å². The van der Waals surface area contributed by atoms with Crippen molar-refractivity contribution < 1.29 is 9.90 Å². The Labute approximate surface area is 213 Å². The minimum atomic E-state index is -0.656. The fraction of sp³-hybridized carbons (Fsp3) is 0.480. The van der Waals surface area contributed by atoms with Crippen molar-refractivity contribution in [1.29, 1.82) is 0 Å². The summed E-state index contributed by atoms with van der Waals surface area (Å²) in [7, 11) is 0. The van der Waals surface area contributed by atoms with Gasteiger partial charge in [0, 0.05) is 57.3 Å². The van der Waals surface area contributed by atoms with Crippen molar-refractivity contribution in [3.05, 3.63) is 40.8 Å². The van der Waals surface area contributed by atoms with E-state index in [0.717, 1.165) is 69.9 Å². The largest absolute Gasteiger partial charge is 0.481 e. The molecule has 6 rings (SSSR count). The van der Waals surface area contributed by atoms with Gasteiger partial charge in [0.25, 0.3) is 5.56 Å². The summed E-state index contributed by atoms with van der Waals surface area (Å²) in [6, 6.07) is 8.04. The fourth-order valence-electron chi connectivity index (χ4n) is 5.71. The van der Waals surface area contributed by atoms with E-state index in [4.69, 9.17) is 10.7 Å². The Morgan fingerprint density at radius 1 is 1.08 bits per heavy atom. The first kappa shape index (κ1) is 23.6. The molecule has 1 unspecified atom stereocenters. The van der Waals surface area contributed by atoms with Gasteiger partial charge in [-0.2, -0.15) is 10.1 Å². The second-order valence-electron chi connectivity index (χ2n) is 10.2. The molecule has 3 aliphatic rings. The number of hydrogen-bond donors (Lipinski definition) is 4. The van der Waals surface area contributed by atoms with Crippen LogP contribution in [0.15, 0.2) is 35.3 Å². The lowest BCUT2D eigenvalue weighted by Crippen LogP contribution is -2.48. The second kappa shape index (κ2) is 9.27. The molecule has 0 bridgehead atoms. The summed E-state index contributed by atoms with van der Waals surface area (Å²) in [5, 5.41) is 19.4. The zero-order valence-electron chi connectivity index (χ0n) is 20.6. The fourth-order valence-corrected chi connectivity index (χ4v) is 5.71. The SMILES string of the molecule is NCN1CCN(c2nc(Nc3ccc(N4CCC5(CC4)CC5C(=O)O)cc3)c3c(=O)[nH]ncc3n2)CC1. The zero-order chi connectivity index (χ0) is 25.6. The maximum absolute atomic E-state index is 12.6. The molecule has 1 atom stereocenters. The number of nitrogens with zero attached hydrogens (tertiary/aromatic N) is 6. The van der Waals surface area contributed by atoms with Crippen LogP contribution in [0.1, 0.15) is 19.3 Å².